The van der Waals surface area contributed by atoms with Gasteiger partial charge in [-0.05, 0) is 108 Å². The zero-order chi connectivity index (χ0) is 81.4. The minimum absolute atomic E-state index is 0.0247. The number of hydrogen-bond acceptors (Lipinski definition) is 21. The van der Waals surface area contributed by atoms with Crippen molar-refractivity contribution in [2.24, 2.45) is 72.7 Å². The number of benzene rings is 1. The number of aromatic hydroxyl groups is 1. The standard InChI is InChI=1S/C64H107N23O20/c1-8-31(4)49(87-60(106)42(26-30(2)3)84-55(101)39(14-11-25-75-64(71)72)82-53(99)37(65)12-9-23-73-62(67)68)61(107)83-41(20-22-47(92)93)57(103)86-44(28-45(66)89)59(105)79-34(7)52(98)81-40(19-21-46(90)91)56(102)85-43(27-35-15-17-36(88)18-16-35)58(104)78-32(5)50(96)77-33(6)51(97)80-38(13-10-24-74-63(69)70)54(100)76-29-48(94)95/h15-18,30-34,37-44,49,88H,8-14,19-29,65H2,1-7H3,(H2,66,89)(H,76,100)(H,77,96)(H,78,104)(H,79,105)(H,80,97)(H,81,98)(H,82,99)(H,83,107)(H,84,101)(H,85,102)(H,86,103)(H,87,106)(H,90,91)(H,92,93)(H,94,95)(H4,67,68,73)(H4,69,70,74)(H4,71,72,75)/t31-,32-,33-,34-,37-,38-,39-,40-,41-,42-,43-,44-,49-/m0/s1. The smallest absolute Gasteiger partial charge is 0.322 e. The van der Waals surface area contributed by atoms with E-state index in [2.05, 4.69) is 78.8 Å². The number of aliphatic imine (C=N–C) groups is 3. The molecular formula is C64H107N23O20. The first-order valence-corrected chi connectivity index (χ1v) is 34.3. The average Bonchev–Trinajstić information content (AvgIpc) is 0.851. The highest BCUT2D eigenvalue weighted by molar-refractivity contribution is 6.00. The van der Waals surface area contributed by atoms with Gasteiger partial charge >= 0.3 is 17.9 Å². The average molecular weight is 1520 g/mol. The van der Waals surface area contributed by atoms with Crippen molar-refractivity contribution in [2.75, 3.05) is 26.2 Å². The van der Waals surface area contributed by atoms with Crippen molar-refractivity contribution in [2.45, 2.75) is 211 Å². The van der Waals surface area contributed by atoms with Crippen LogP contribution in [0.5, 0.6) is 5.75 Å². The zero-order valence-electron chi connectivity index (χ0n) is 60.9. The van der Waals surface area contributed by atoms with Gasteiger partial charge in [0.2, 0.25) is 76.8 Å². The lowest BCUT2D eigenvalue weighted by atomic mass is 9.96. The van der Waals surface area contributed by atoms with E-state index in [1.165, 1.54) is 38.1 Å². The number of hydrogen-bond donors (Lipinski definition) is 24. The summed E-state index contributed by atoms with van der Waals surface area (Å²) < 4.78 is 0. The van der Waals surface area contributed by atoms with E-state index in [4.69, 9.17) is 51.0 Å². The fourth-order valence-corrected chi connectivity index (χ4v) is 9.81. The van der Waals surface area contributed by atoms with Crippen molar-refractivity contribution in [3.8, 4) is 5.75 Å². The Bertz CT molecular complexity index is 3330. The van der Waals surface area contributed by atoms with Gasteiger partial charge in [-0.15, -0.1) is 0 Å². The van der Waals surface area contributed by atoms with Crippen LogP contribution in [0.4, 0.5) is 0 Å². The Hall–Kier alpha value is -11.7. The molecule has 43 nitrogen and oxygen atoms in total. The van der Waals surface area contributed by atoms with E-state index in [9.17, 15) is 92.0 Å². The molecule has 0 saturated heterocycles. The molecule has 0 radical (unpaired) electrons. The summed E-state index contributed by atoms with van der Waals surface area (Å²) in [6.07, 6.45) is -3.48. The quantitative estimate of drug-likeness (QED) is 0.0164. The van der Waals surface area contributed by atoms with Crippen molar-refractivity contribution >= 4 is 113 Å². The van der Waals surface area contributed by atoms with Crippen molar-refractivity contribution in [1.29, 1.82) is 0 Å². The van der Waals surface area contributed by atoms with Gasteiger partial charge in [0.05, 0.1) is 12.5 Å². The predicted octanol–water partition coefficient (Wildman–Crippen LogP) is -8.29. The topological polar surface area (TPSA) is 744 Å². The lowest BCUT2D eigenvalue weighted by Crippen LogP contribution is -2.61. The van der Waals surface area contributed by atoms with Gasteiger partial charge in [-0.1, -0.05) is 46.2 Å². The van der Waals surface area contributed by atoms with Gasteiger partial charge in [0.25, 0.3) is 0 Å². The normalized spacial score (nSPS) is 14.5. The van der Waals surface area contributed by atoms with Crippen LogP contribution >= 0.6 is 0 Å². The van der Waals surface area contributed by atoms with Crippen LogP contribution in [0, 0.1) is 11.8 Å². The van der Waals surface area contributed by atoms with E-state index >= 15 is 0 Å². The molecule has 0 aliphatic heterocycles. The molecule has 0 fully saturated rings. The predicted molar refractivity (Wildman–Crippen MR) is 385 cm³/mol. The Morgan fingerprint density at radius 3 is 1.18 bits per heavy atom. The van der Waals surface area contributed by atoms with Gasteiger partial charge in [-0.25, -0.2) is 0 Å². The number of nitrogens with zero attached hydrogens (tertiary/aromatic N) is 3. The third kappa shape index (κ3) is 38.6. The first kappa shape index (κ1) is 93.3. The maximum Gasteiger partial charge on any atom is 0.322 e. The fraction of sp³-hybridized carbons (Fsp3) is 0.609. The molecule has 32 N–H and O–H groups in total. The molecule has 13 atom stereocenters. The number of rotatable bonds is 51. The van der Waals surface area contributed by atoms with Crippen molar-refractivity contribution in [3.05, 3.63) is 29.8 Å². The van der Waals surface area contributed by atoms with Crippen molar-refractivity contribution in [1.82, 2.24) is 63.8 Å². The number of carboxylic acids is 3. The van der Waals surface area contributed by atoms with E-state index in [0.29, 0.717) is 12.0 Å². The lowest BCUT2D eigenvalue weighted by Gasteiger charge is -2.30. The fourth-order valence-electron chi connectivity index (χ4n) is 9.81. The van der Waals surface area contributed by atoms with E-state index < -0.39 is 212 Å². The van der Waals surface area contributed by atoms with Gasteiger partial charge in [-0.3, -0.25) is 91.7 Å². The molecule has 1 aromatic rings. The summed E-state index contributed by atoms with van der Waals surface area (Å²) in [7, 11) is 0. The molecule has 13 amide bonds. The Balaban J connectivity index is 3.54. The Morgan fingerprint density at radius 1 is 0.402 bits per heavy atom. The number of nitrogens with two attached hydrogens (primary N) is 8. The molecule has 598 valence electrons. The number of aliphatic carboxylic acids is 3. The molecule has 0 saturated carbocycles. The number of phenolic OH excluding ortho intramolecular Hbond substituents is 1. The second-order valence-electron chi connectivity index (χ2n) is 25.6. The number of guanidine groups is 3. The largest absolute Gasteiger partial charge is 0.508 e. The number of carbonyl (C=O) groups is 16. The highest BCUT2D eigenvalue weighted by atomic mass is 16.4. The monoisotopic (exact) mass is 1520 g/mol. The van der Waals surface area contributed by atoms with Crippen LogP contribution in [0.3, 0.4) is 0 Å². The molecular weight excluding hydrogens is 1410 g/mol. The summed E-state index contributed by atoms with van der Waals surface area (Å²) in [5.74, 6) is -19.7. The lowest BCUT2D eigenvalue weighted by molar-refractivity contribution is -0.140. The highest BCUT2D eigenvalue weighted by Crippen LogP contribution is 2.16. The molecule has 1 aromatic carbocycles. The SMILES string of the molecule is CC[C@H](C)[C@H](NC(=O)[C@H](CC(C)C)NC(=O)[C@H](CCCN=C(N)N)NC(=O)[C@@H](N)CCCN=C(N)N)C(=O)N[C@@H](CCC(=O)O)C(=O)N[C@@H](CC(N)=O)C(=O)N[C@@H](C)C(=O)N[C@@H](CCC(=O)O)C(=O)N[C@@H](Cc1ccc(O)cc1)C(=O)N[C@@H](C)C(=O)N[C@@H](C)C(=O)N[C@@H](CCCN=C(N)N)C(=O)NCC(=O)O. The zero-order valence-corrected chi connectivity index (χ0v) is 60.9. The van der Waals surface area contributed by atoms with Crippen LogP contribution in [-0.2, 0) is 83.1 Å². The number of nitrogens with one attached hydrogen (secondary N) is 12. The number of carboxylic acid groups (broad SMARTS) is 3. The van der Waals surface area contributed by atoms with Crippen LogP contribution in [0.15, 0.2) is 39.2 Å². The van der Waals surface area contributed by atoms with Gasteiger partial charge in [0, 0.05) is 38.9 Å². The van der Waals surface area contributed by atoms with Crippen LogP contribution in [-0.4, -0.2) is 232 Å². The van der Waals surface area contributed by atoms with Gasteiger partial charge in [0.1, 0.15) is 78.8 Å². The molecule has 0 aliphatic carbocycles. The third-order valence-corrected chi connectivity index (χ3v) is 15.9. The van der Waals surface area contributed by atoms with E-state index in [1.54, 1.807) is 27.7 Å². The van der Waals surface area contributed by atoms with E-state index in [-0.39, 0.29) is 101 Å². The molecule has 0 spiro atoms. The molecule has 0 bridgehead atoms. The molecule has 1 rings (SSSR count). The molecule has 0 heterocycles. The van der Waals surface area contributed by atoms with Crippen LogP contribution in [0.25, 0.3) is 0 Å². The maximum atomic E-state index is 14.4. The van der Waals surface area contributed by atoms with Crippen molar-refractivity contribution in [3.63, 3.8) is 0 Å². The Kier molecular flexibility index (Phi) is 42.2. The van der Waals surface area contributed by atoms with Crippen LogP contribution < -0.4 is 110 Å². The molecule has 0 unspecified atom stereocenters. The highest BCUT2D eigenvalue weighted by Gasteiger charge is 2.38. The molecule has 107 heavy (non-hydrogen) atoms. The van der Waals surface area contributed by atoms with Crippen LogP contribution in [0.2, 0.25) is 0 Å². The summed E-state index contributed by atoms with van der Waals surface area (Å²) in [5, 5.41) is 67.1. The summed E-state index contributed by atoms with van der Waals surface area (Å²) in [6.45, 7) is 9.62. The summed E-state index contributed by atoms with van der Waals surface area (Å²) >= 11 is 0. The molecule has 43 heteroatoms. The second-order valence-corrected chi connectivity index (χ2v) is 25.6. The first-order chi connectivity index (χ1) is 50.0. The Labute approximate surface area is 616 Å². The minimum Gasteiger partial charge on any atom is -0.508 e. The number of phenols is 1. The molecule has 0 aromatic heterocycles. The van der Waals surface area contributed by atoms with Crippen LogP contribution in [0.1, 0.15) is 138 Å². The van der Waals surface area contributed by atoms with E-state index in [0.717, 1.165) is 6.92 Å². The Morgan fingerprint density at radius 2 is 0.757 bits per heavy atom. The number of primary amides is 1. The summed E-state index contributed by atoms with van der Waals surface area (Å²) in [6, 6.07) is -13.3. The summed E-state index contributed by atoms with van der Waals surface area (Å²) in [5.41, 5.74) is 44.3. The van der Waals surface area contributed by atoms with Gasteiger partial charge in [-0.2, -0.15) is 0 Å². The second kappa shape index (κ2) is 48.4. The molecule has 0 aliphatic rings. The van der Waals surface area contributed by atoms with Crippen molar-refractivity contribution < 1.29 is 97.1 Å². The number of amides is 13. The van der Waals surface area contributed by atoms with Gasteiger partial charge in [0.15, 0.2) is 17.9 Å². The summed E-state index contributed by atoms with van der Waals surface area (Å²) in [4.78, 5) is 225. The first-order valence-electron chi connectivity index (χ1n) is 34.3. The third-order valence-electron chi connectivity index (χ3n) is 15.9. The minimum atomic E-state index is -1.98. The van der Waals surface area contributed by atoms with E-state index in [1.807, 2.05) is 0 Å². The maximum absolute atomic E-state index is 14.4. The van der Waals surface area contributed by atoms with Gasteiger partial charge < -0.3 is 130 Å². The number of carbonyl (C=O) groups excluding carboxylic acids is 13.